The molecule has 0 atom stereocenters. The fourth-order valence-electron chi connectivity index (χ4n) is 2.13. The second-order valence-corrected chi connectivity index (χ2v) is 5.91. The Morgan fingerprint density at radius 3 is 2.12 bits per heavy atom. The van der Waals surface area contributed by atoms with Crippen LogP contribution in [0.5, 0.6) is 5.75 Å². The van der Waals surface area contributed by atoms with Crippen LogP contribution >= 0.6 is 23.2 Å². The lowest BCUT2D eigenvalue weighted by atomic mass is 10.1. The first-order valence-electron chi connectivity index (χ1n) is 7.29. The minimum absolute atomic E-state index is 0.142. The standard InChI is InChI=1S/C18H14Cl2N2O3/c1-22(15-4-2-12(11-21)3-5-15)6-7-25-16-9-13(17(19)23)8-14(10-16)18(20)24/h2-5,8-10H,6-7H2,1H3. The van der Waals surface area contributed by atoms with Crippen molar-refractivity contribution in [3.05, 3.63) is 59.2 Å². The molecule has 0 radical (unpaired) electrons. The molecule has 0 aromatic heterocycles. The molecule has 0 unspecified atom stereocenters. The summed E-state index contributed by atoms with van der Waals surface area (Å²) in [5.41, 5.74) is 1.81. The average molecular weight is 377 g/mol. The summed E-state index contributed by atoms with van der Waals surface area (Å²) in [7, 11) is 1.89. The lowest BCUT2D eigenvalue weighted by molar-refractivity contribution is 0.108. The fraction of sp³-hybridized carbons (Fsp3) is 0.167. The number of benzene rings is 2. The van der Waals surface area contributed by atoms with Gasteiger partial charge in [-0.1, -0.05) is 0 Å². The summed E-state index contributed by atoms with van der Waals surface area (Å²) in [4.78, 5) is 24.6. The van der Waals surface area contributed by atoms with E-state index in [4.69, 9.17) is 33.2 Å². The van der Waals surface area contributed by atoms with Gasteiger partial charge in [0.05, 0.1) is 18.2 Å². The van der Waals surface area contributed by atoms with Gasteiger partial charge in [0.25, 0.3) is 10.5 Å². The number of halogens is 2. The summed E-state index contributed by atoms with van der Waals surface area (Å²) in [5.74, 6) is 0.337. The summed E-state index contributed by atoms with van der Waals surface area (Å²) in [6.45, 7) is 0.863. The molecule has 5 nitrogen and oxygen atoms in total. The Labute approximate surface area is 155 Å². The van der Waals surface area contributed by atoms with E-state index in [1.165, 1.54) is 18.2 Å². The quantitative estimate of drug-likeness (QED) is 0.686. The van der Waals surface area contributed by atoms with Crippen molar-refractivity contribution in [2.45, 2.75) is 0 Å². The van der Waals surface area contributed by atoms with Crippen LogP contribution in [0.4, 0.5) is 5.69 Å². The van der Waals surface area contributed by atoms with E-state index >= 15 is 0 Å². The highest BCUT2D eigenvalue weighted by Crippen LogP contribution is 2.21. The van der Waals surface area contributed by atoms with Crippen molar-refractivity contribution in [1.82, 2.24) is 0 Å². The van der Waals surface area contributed by atoms with Gasteiger partial charge in [-0.25, -0.2) is 0 Å². The predicted molar refractivity (Wildman–Crippen MR) is 96.7 cm³/mol. The molecule has 2 aromatic carbocycles. The molecule has 7 heteroatoms. The number of anilines is 1. The van der Waals surface area contributed by atoms with E-state index in [9.17, 15) is 9.59 Å². The first-order valence-corrected chi connectivity index (χ1v) is 8.05. The molecule has 0 bridgehead atoms. The van der Waals surface area contributed by atoms with Crippen LogP contribution in [0.3, 0.4) is 0 Å². The summed E-state index contributed by atoms with van der Waals surface area (Å²) in [6.07, 6.45) is 0. The van der Waals surface area contributed by atoms with Gasteiger partial charge in [0.1, 0.15) is 12.4 Å². The Bertz CT molecular complexity index is 797. The van der Waals surface area contributed by atoms with Gasteiger partial charge in [0.15, 0.2) is 0 Å². The maximum absolute atomic E-state index is 11.3. The first-order chi connectivity index (χ1) is 11.9. The summed E-state index contributed by atoms with van der Waals surface area (Å²) in [5, 5.41) is 7.42. The Morgan fingerprint density at radius 1 is 1.08 bits per heavy atom. The van der Waals surface area contributed by atoms with Crippen LogP contribution in [0.2, 0.25) is 0 Å². The van der Waals surface area contributed by atoms with Crippen molar-refractivity contribution in [2.24, 2.45) is 0 Å². The Balaban J connectivity index is 2.01. The molecular formula is C18H14Cl2N2O3. The van der Waals surface area contributed by atoms with Crippen molar-refractivity contribution >= 4 is 39.4 Å². The predicted octanol–water partition coefficient (Wildman–Crippen LogP) is 3.83. The molecular weight excluding hydrogens is 363 g/mol. The molecule has 0 aliphatic rings. The molecule has 128 valence electrons. The summed E-state index contributed by atoms with van der Waals surface area (Å²) in [6, 6.07) is 13.5. The number of ether oxygens (including phenoxy) is 1. The highest BCUT2D eigenvalue weighted by atomic mass is 35.5. The van der Waals surface area contributed by atoms with Crippen molar-refractivity contribution in [3.63, 3.8) is 0 Å². The third-order valence-corrected chi connectivity index (χ3v) is 3.93. The van der Waals surface area contributed by atoms with Gasteiger partial charge >= 0.3 is 0 Å². The number of likely N-dealkylation sites (N-methyl/N-ethyl adjacent to an activating group) is 1. The van der Waals surface area contributed by atoms with Gasteiger partial charge in [-0.2, -0.15) is 5.26 Å². The minimum Gasteiger partial charge on any atom is -0.492 e. The zero-order valence-corrected chi connectivity index (χ0v) is 14.8. The third kappa shape index (κ3) is 5.21. The van der Waals surface area contributed by atoms with Crippen LogP contribution in [0.15, 0.2) is 42.5 Å². The van der Waals surface area contributed by atoms with E-state index in [-0.39, 0.29) is 11.1 Å². The van der Waals surface area contributed by atoms with Gasteiger partial charge in [-0.3, -0.25) is 9.59 Å². The molecule has 0 amide bonds. The molecule has 0 saturated carbocycles. The number of carbonyl (C=O) groups is 2. The number of rotatable bonds is 7. The van der Waals surface area contributed by atoms with Crippen LogP contribution in [0, 0.1) is 11.3 Å². The van der Waals surface area contributed by atoms with E-state index in [2.05, 4.69) is 6.07 Å². The number of nitriles is 1. The number of carbonyl (C=O) groups excluding carboxylic acids is 2. The van der Waals surface area contributed by atoms with Crippen LogP contribution in [-0.2, 0) is 0 Å². The van der Waals surface area contributed by atoms with E-state index in [0.717, 1.165) is 5.69 Å². The first kappa shape index (κ1) is 18.8. The average Bonchev–Trinajstić information content (AvgIpc) is 2.61. The van der Waals surface area contributed by atoms with E-state index < -0.39 is 10.5 Å². The Hall–Kier alpha value is -2.55. The highest BCUT2D eigenvalue weighted by molar-refractivity contribution is 6.69. The van der Waals surface area contributed by atoms with E-state index in [1.807, 2.05) is 24.1 Å². The lowest BCUT2D eigenvalue weighted by Crippen LogP contribution is -2.23. The summed E-state index contributed by atoms with van der Waals surface area (Å²) < 4.78 is 5.61. The van der Waals surface area contributed by atoms with Gasteiger partial charge in [0.2, 0.25) is 0 Å². The smallest absolute Gasteiger partial charge is 0.252 e. The molecule has 0 saturated heterocycles. The molecule has 0 heterocycles. The van der Waals surface area contributed by atoms with Crippen LogP contribution in [-0.4, -0.2) is 30.7 Å². The van der Waals surface area contributed by atoms with Crippen molar-refractivity contribution in [3.8, 4) is 11.8 Å². The van der Waals surface area contributed by atoms with Gasteiger partial charge in [0, 0.05) is 23.9 Å². The Kier molecular flexibility index (Phi) is 6.40. The second kappa shape index (κ2) is 8.52. The molecule has 25 heavy (non-hydrogen) atoms. The molecule has 0 N–H and O–H groups in total. The van der Waals surface area contributed by atoms with Crippen LogP contribution < -0.4 is 9.64 Å². The largest absolute Gasteiger partial charge is 0.492 e. The minimum atomic E-state index is -0.695. The van der Waals surface area contributed by atoms with E-state index in [0.29, 0.717) is 24.5 Å². The van der Waals surface area contributed by atoms with Crippen molar-refractivity contribution in [2.75, 3.05) is 25.1 Å². The zero-order chi connectivity index (χ0) is 18.4. The third-order valence-electron chi connectivity index (χ3n) is 3.49. The van der Waals surface area contributed by atoms with Gasteiger partial charge in [-0.05, 0) is 65.7 Å². The monoisotopic (exact) mass is 376 g/mol. The lowest BCUT2D eigenvalue weighted by Gasteiger charge is -2.19. The molecule has 2 aromatic rings. The molecule has 0 aliphatic heterocycles. The SMILES string of the molecule is CN(CCOc1cc(C(=O)Cl)cc(C(=O)Cl)c1)c1ccc(C#N)cc1. The highest BCUT2D eigenvalue weighted by Gasteiger charge is 2.11. The van der Waals surface area contributed by atoms with Crippen LogP contribution in [0.1, 0.15) is 26.3 Å². The second-order valence-electron chi connectivity index (χ2n) is 5.22. The van der Waals surface area contributed by atoms with Crippen molar-refractivity contribution < 1.29 is 14.3 Å². The number of hydrogen-bond acceptors (Lipinski definition) is 5. The normalized spacial score (nSPS) is 10.0. The molecule has 0 fully saturated rings. The number of nitrogens with zero attached hydrogens (tertiary/aromatic N) is 2. The Morgan fingerprint density at radius 2 is 1.64 bits per heavy atom. The van der Waals surface area contributed by atoms with E-state index in [1.54, 1.807) is 12.1 Å². The molecule has 0 aliphatic carbocycles. The van der Waals surface area contributed by atoms with Crippen molar-refractivity contribution in [1.29, 1.82) is 5.26 Å². The topological polar surface area (TPSA) is 70.4 Å². The summed E-state index contributed by atoms with van der Waals surface area (Å²) >= 11 is 10.9. The molecule has 2 rings (SSSR count). The maximum atomic E-state index is 11.3. The van der Waals surface area contributed by atoms with Crippen LogP contribution in [0.25, 0.3) is 0 Å². The number of hydrogen-bond donors (Lipinski definition) is 0. The fourth-order valence-corrected chi connectivity index (χ4v) is 2.35. The molecule has 0 spiro atoms. The maximum Gasteiger partial charge on any atom is 0.252 e. The van der Waals surface area contributed by atoms with Gasteiger partial charge < -0.3 is 9.64 Å². The zero-order valence-electron chi connectivity index (χ0n) is 13.3. The van der Waals surface area contributed by atoms with Gasteiger partial charge in [-0.15, -0.1) is 0 Å².